The molecule has 9 heteroatoms. The molecule has 0 spiro atoms. The minimum absolute atomic E-state index is 0.558. The Morgan fingerprint density at radius 1 is 1.00 bits per heavy atom. The van der Waals surface area contributed by atoms with E-state index in [0.29, 0.717) is 23.2 Å². The van der Waals surface area contributed by atoms with Crippen molar-refractivity contribution >= 4 is 34.2 Å². The van der Waals surface area contributed by atoms with Crippen molar-refractivity contribution in [3.63, 3.8) is 0 Å². The van der Waals surface area contributed by atoms with Gasteiger partial charge in [0.05, 0.1) is 32.7 Å². The van der Waals surface area contributed by atoms with Gasteiger partial charge >= 0.3 is 0 Å². The largest absolute Gasteiger partial charge is 0.493 e. The van der Waals surface area contributed by atoms with Gasteiger partial charge < -0.3 is 29.4 Å². The fourth-order valence-electron chi connectivity index (χ4n) is 4.00. The maximum atomic E-state index is 5.53. The number of hydrogen-bond acceptors (Lipinski definition) is 7. The molecule has 31 heavy (non-hydrogen) atoms. The maximum Gasteiger partial charge on any atom is 0.248 e. The summed E-state index contributed by atoms with van der Waals surface area (Å²) in [5.74, 6) is 3.10. The van der Waals surface area contributed by atoms with Gasteiger partial charge in [0.2, 0.25) is 17.6 Å². The van der Waals surface area contributed by atoms with E-state index in [-0.39, 0.29) is 0 Å². The molecule has 0 bridgehead atoms. The first-order chi connectivity index (χ1) is 15.2. The zero-order valence-corrected chi connectivity index (χ0v) is 17.7. The standard InChI is InChI=1S/C22H24N6O3/c1-29-18-12-14(13-19(30-2)20(18)31-3)27-10-5-11-28-22(27)25-21(26-28)24-17-7-4-6-16-15(17)8-9-23-16/h4,6-9,12-13,23H,5,10-11H2,1-3H3,(H,24,26). The van der Waals surface area contributed by atoms with Crippen molar-refractivity contribution in [3.05, 3.63) is 42.6 Å². The number of hydrogen-bond donors (Lipinski definition) is 2. The number of H-pyrrole nitrogens is 1. The summed E-state index contributed by atoms with van der Waals surface area (Å²) in [5.41, 5.74) is 2.93. The predicted octanol–water partition coefficient (Wildman–Crippen LogP) is 4.07. The van der Waals surface area contributed by atoms with E-state index >= 15 is 0 Å². The first-order valence-corrected chi connectivity index (χ1v) is 10.1. The van der Waals surface area contributed by atoms with E-state index in [9.17, 15) is 0 Å². The molecule has 2 aromatic heterocycles. The highest BCUT2D eigenvalue weighted by molar-refractivity contribution is 5.93. The van der Waals surface area contributed by atoms with Crippen LogP contribution in [0, 0.1) is 0 Å². The van der Waals surface area contributed by atoms with Crippen LogP contribution in [0.4, 0.5) is 23.3 Å². The average molecular weight is 420 g/mol. The Bertz CT molecular complexity index is 1210. The van der Waals surface area contributed by atoms with Gasteiger partial charge in [0, 0.05) is 42.3 Å². The summed E-state index contributed by atoms with van der Waals surface area (Å²) >= 11 is 0. The summed E-state index contributed by atoms with van der Waals surface area (Å²) in [6.45, 7) is 1.61. The zero-order valence-electron chi connectivity index (χ0n) is 17.7. The van der Waals surface area contributed by atoms with Gasteiger partial charge in [-0.2, -0.15) is 4.98 Å². The normalized spacial score (nSPS) is 13.2. The Balaban J connectivity index is 1.51. The molecule has 3 heterocycles. The highest BCUT2D eigenvalue weighted by atomic mass is 16.5. The Morgan fingerprint density at radius 3 is 2.55 bits per heavy atom. The lowest BCUT2D eigenvalue weighted by molar-refractivity contribution is 0.324. The van der Waals surface area contributed by atoms with Crippen molar-refractivity contribution in [2.75, 3.05) is 38.1 Å². The second kappa shape index (κ2) is 7.75. The number of methoxy groups -OCH3 is 3. The molecule has 0 aliphatic carbocycles. The molecule has 0 atom stereocenters. The highest BCUT2D eigenvalue weighted by Crippen LogP contribution is 2.43. The monoisotopic (exact) mass is 420 g/mol. The molecule has 0 unspecified atom stereocenters. The second-order valence-electron chi connectivity index (χ2n) is 7.22. The highest BCUT2D eigenvalue weighted by Gasteiger charge is 2.25. The summed E-state index contributed by atoms with van der Waals surface area (Å²) in [6, 6.07) is 12.0. The molecular formula is C22H24N6O3. The van der Waals surface area contributed by atoms with Crippen molar-refractivity contribution in [3.8, 4) is 17.2 Å². The van der Waals surface area contributed by atoms with Gasteiger partial charge in [-0.15, -0.1) is 5.10 Å². The van der Waals surface area contributed by atoms with Gasteiger partial charge in [0.1, 0.15) is 0 Å². The number of anilines is 4. The summed E-state index contributed by atoms with van der Waals surface area (Å²) < 4.78 is 18.4. The minimum atomic E-state index is 0.558. The van der Waals surface area contributed by atoms with Crippen LogP contribution in [0.5, 0.6) is 17.2 Å². The van der Waals surface area contributed by atoms with Crippen LogP contribution in [0.3, 0.4) is 0 Å². The summed E-state index contributed by atoms with van der Waals surface area (Å²) in [7, 11) is 4.83. The number of nitrogens with zero attached hydrogens (tertiary/aromatic N) is 4. The van der Waals surface area contributed by atoms with Crippen LogP contribution in [0.15, 0.2) is 42.6 Å². The molecule has 1 aliphatic heterocycles. The van der Waals surface area contributed by atoms with Crippen molar-refractivity contribution in [1.29, 1.82) is 0 Å². The van der Waals surface area contributed by atoms with E-state index in [2.05, 4.69) is 20.3 Å². The number of aromatic nitrogens is 4. The van der Waals surface area contributed by atoms with Crippen molar-refractivity contribution in [2.45, 2.75) is 13.0 Å². The third-order valence-electron chi connectivity index (χ3n) is 5.45. The molecule has 0 saturated carbocycles. The smallest absolute Gasteiger partial charge is 0.248 e. The molecule has 0 saturated heterocycles. The molecule has 160 valence electrons. The van der Waals surface area contributed by atoms with Gasteiger partial charge in [-0.3, -0.25) is 0 Å². The molecule has 2 aromatic carbocycles. The van der Waals surface area contributed by atoms with E-state index < -0.39 is 0 Å². The summed E-state index contributed by atoms with van der Waals surface area (Å²) in [4.78, 5) is 10.1. The lowest BCUT2D eigenvalue weighted by Gasteiger charge is -2.28. The van der Waals surface area contributed by atoms with Crippen LogP contribution in [0.1, 0.15) is 6.42 Å². The van der Waals surface area contributed by atoms with Crippen LogP contribution >= 0.6 is 0 Å². The predicted molar refractivity (Wildman–Crippen MR) is 119 cm³/mol. The fourth-order valence-corrected chi connectivity index (χ4v) is 4.00. The molecule has 2 N–H and O–H groups in total. The maximum absolute atomic E-state index is 5.53. The van der Waals surface area contributed by atoms with Crippen LogP contribution in [-0.2, 0) is 6.54 Å². The van der Waals surface area contributed by atoms with E-state index in [1.165, 1.54) is 0 Å². The van der Waals surface area contributed by atoms with Crippen LogP contribution < -0.4 is 24.4 Å². The Kier molecular flexibility index (Phi) is 4.78. The van der Waals surface area contributed by atoms with E-state index in [1.807, 2.05) is 47.3 Å². The van der Waals surface area contributed by atoms with Gasteiger partial charge in [0.25, 0.3) is 0 Å². The van der Waals surface area contributed by atoms with E-state index in [0.717, 1.165) is 47.7 Å². The van der Waals surface area contributed by atoms with Crippen molar-refractivity contribution in [2.24, 2.45) is 0 Å². The number of nitrogens with one attached hydrogen (secondary N) is 2. The first kappa shape index (κ1) is 19.1. The molecule has 0 radical (unpaired) electrons. The molecule has 5 rings (SSSR count). The summed E-state index contributed by atoms with van der Waals surface area (Å²) in [5, 5.41) is 9.15. The van der Waals surface area contributed by atoms with Crippen LogP contribution in [0.25, 0.3) is 10.9 Å². The van der Waals surface area contributed by atoms with Crippen molar-refractivity contribution in [1.82, 2.24) is 19.7 Å². The van der Waals surface area contributed by atoms with Crippen molar-refractivity contribution < 1.29 is 14.2 Å². The third-order valence-corrected chi connectivity index (χ3v) is 5.45. The first-order valence-electron chi connectivity index (χ1n) is 10.1. The van der Waals surface area contributed by atoms with Crippen LogP contribution in [-0.4, -0.2) is 47.6 Å². The minimum Gasteiger partial charge on any atom is -0.493 e. The topological polar surface area (TPSA) is 89.5 Å². The lowest BCUT2D eigenvalue weighted by atomic mass is 10.2. The number of benzene rings is 2. The number of aromatic amines is 1. The lowest BCUT2D eigenvalue weighted by Crippen LogP contribution is -2.28. The van der Waals surface area contributed by atoms with E-state index in [4.69, 9.17) is 19.2 Å². The van der Waals surface area contributed by atoms with Gasteiger partial charge in [-0.25, -0.2) is 4.68 Å². The molecule has 0 fully saturated rings. The quantitative estimate of drug-likeness (QED) is 0.486. The fraction of sp³-hybridized carbons (Fsp3) is 0.273. The second-order valence-corrected chi connectivity index (χ2v) is 7.22. The third kappa shape index (κ3) is 3.27. The molecule has 9 nitrogen and oxygen atoms in total. The van der Waals surface area contributed by atoms with Gasteiger partial charge in [-0.1, -0.05) is 6.07 Å². The Morgan fingerprint density at radius 2 is 1.81 bits per heavy atom. The molecule has 1 aliphatic rings. The van der Waals surface area contributed by atoms with Gasteiger partial charge in [0.15, 0.2) is 11.5 Å². The Labute approximate surface area is 179 Å². The molecule has 0 amide bonds. The number of fused-ring (bicyclic) bond motifs is 2. The van der Waals surface area contributed by atoms with Gasteiger partial charge in [-0.05, 0) is 24.6 Å². The number of ether oxygens (including phenoxy) is 3. The Hall–Kier alpha value is -3.88. The number of rotatable bonds is 6. The average Bonchev–Trinajstić information content (AvgIpc) is 3.44. The summed E-state index contributed by atoms with van der Waals surface area (Å²) in [6.07, 6.45) is 2.87. The zero-order chi connectivity index (χ0) is 21.4. The molecule has 4 aromatic rings. The van der Waals surface area contributed by atoms with E-state index in [1.54, 1.807) is 21.3 Å². The SMILES string of the molecule is COc1cc(N2CCCn3nc(Nc4cccc5[nH]ccc45)nc32)cc(OC)c1OC. The molecular weight excluding hydrogens is 396 g/mol. The number of aryl methyl sites for hydroxylation is 1. The van der Waals surface area contributed by atoms with Crippen LogP contribution in [0.2, 0.25) is 0 Å².